The Morgan fingerprint density at radius 2 is 2.50 bits per heavy atom. The largest absolute Gasteiger partial charge is 0.327 e. The molecule has 1 unspecified atom stereocenters. The first-order valence-electron chi connectivity index (χ1n) is 3.93. The molecule has 0 aromatic rings. The molecule has 58 valence electrons. The van der Waals surface area contributed by atoms with E-state index in [9.17, 15) is 0 Å². The van der Waals surface area contributed by atoms with Crippen LogP contribution in [-0.2, 0) is 0 Å². The molecule has 2 nitrogen and oxygen atoms in total. The lowest BCUT2D eigenvalue weighted by Crippen LogP contribution is -2.23. The van der Waals surface area contributed by atoms with E-state index in [4.69, 9.17) is 5.73 Å². The van der Waals surface area contributed by atoms with Gasteiger partial charge in [-0.3, -0.25) is 0 Å². The fourth-order valence-electron chi connectivity index (χ4n) is 1.36. The Bertz CT molecular complexity index is 114. The Morgan fingerprint density at radius 3 is 3.00 bits per heavy atom. The molecule has 0 aromatic heterocycles. The van der Waals surface area contributed by atoms with Crippen LogP contribution in [0.2, 0.25) is 0 Å². The maximum atomic E-state index is 5.42. The number of rotatable bonds is 3. The summed E-state index contributed by atoms with van der Waals surface area (Å²) in [6.45, 7) is 5.68. The predicted octanol–water partition coefficient (Wildman–Crippen LogP) is 0.643. The van der Waals surface area contributed by atoms with E-state index in [0.717, 1.165) is 6.42 Å². The summed E-state index contributed by atoms with van der Waals surface area (Å²) in [6, 6.07) is 0.663. The topological polar surface area (TPSA) is 38.0 Å². The molecule has 10 heavy (non-hydrogen) atoms. The van der Waals surface area contributed by atoms with Crippen molar-refractivity contribution >= 4 is 0 Å². The van der Waals surface area contributed by atoms with Crippen molar-refractivity contribution in [2.75, 3.05) is 13.1 Å². The van der Waals surface area contributed by atoms with Crippen LogP contribution in [0.4, 0.5) is 0 Å². The van der Waals surface area contributed by atoms with Crippen LogP contribution in [0.25, 0.3) is 0 Å². The minimum Gasteiger partial charge on any atom is -0.327 e. The van der Waals surface area contributed by atoms with E-state index in [2.05, 4.69) is 11.9 Å². The summed E-state index contributed by atoms with van der Waals surface area (Å²) < 4.78 is 0. The highest BCUT2D eigenvalue weighted by molar-refractivity contribution is 4.99. The van der Waals surface area contributed by atoms with Crippen LogP contribution in [0.15, 0.2) is 12.2 Å². The first kappa shape index (κ1) is 7.76. The van der Waals surface area contributed by atoms with Crippen LogP contribution in [0, 0.1) is 0 Å². The fraction of sp³-hybridized carbons (Fsp3) is 0.750. The second-order valence-corrected chi connectivity index (χ2v) is 2.95. The Morgan fingerprint density at radius 1 is 1.70 bits per heavy atom. The summed E-state index contributed by atoms with van der Waals surface area (Å²) in [6.07, 6.45) is 3.66. The van der Waals surface area contributed by atoms with Gasteiger partial charge < -0.3 is 11.1 Å². The van der Waals surface area contributed by atoms with Gasteiger partial charge in [0.1, 0.15) is 0 Å². The highest BCUT2D eigenvalue weighted by Crippen LogP contribution is 2.11. The van der Waals surface area contributed by atoms with Crippen molar-refractivity contribution in [1.29, 1.82) is 0 Å². The zero-order valence-corrected chi connectivity index (χ0v) is 6.40. The van der Waals surface area contributed by atoms with Crippen molar-refractivity contribution in [3.63, 3.8) is 0 Å². The normalized spacial score (nSPS) is 25.1. The van der Waals surface area contributed by atoms with Crippen molar-refractivity contribution in [2.45, 2.75) is 25.3 Å². The van der Waals surface area contributed by atoms with Gasteiger partial charge in [-0.2, -0.15) is 0 Å². The van der Waals surface area contributed by atoms with Crippen molar-refractivity contribution in [1.82, 2.24) is 5.32 Å². The standard InChI is InChI=1S/C8H16N2/c1-7(6-9)5-8-3-2-4-10-8/h8,10H,1-6,9H2. The first-order valence-corrected chi connectivity index (χ1v) is 3.93. The second-order valence-electron chi connectivity index (χ2n) is 2.95. The Balaban J connectivity index is 2.17. The summed E-state index contributed by atoms with van der Waals surface area (Å²) >= 11 is 0. The van der Waals surface area contributed by atoms with Gasteiger partial charge in [0.25, 0.3) is 0 Å². The quantitative estimate of drug-likeness (QED) is 0.565. The maximum Gasteiger partial charge on any atom is 0.0134 e. The molecular formula is C8H16N2. The second kappa shape index (κ2) is 3.74. The summed E-state index contributed by atoms with van der Waals surface area (Å²) in [4.78, 5) is 0. The van der Waals surface area contributed by atoms with E-state index in [0.29, 0.717) is 12.6 Å². The van der Waals surface area contributed by atoms with E-state index >= 15 is 0 Å². The lowest BCUT2D eigenvalue weighted by Gasteiger charge is -2.09. The van der Waals surface area contributed by atoms with Gasteiger partial charge >= 0.3 is 0 Å². The van der Waals surface area contributed by atoms with Gasteiger partial charge in [-0.25, -0.2) is 0 Å². The molecule has 2 heteroatoms. The molecule has 0 bridgehead atoms. The maximum absolute atomic E-state index is 5.42. The van der Waals surface area contributed by atoms with Crippen molar-refractivity contribution in [2.24, 2.45) is 5.73 Å². The third-order valence-corrected chi connectivity index (χ3v) is 1.99. The molecule has 0 aromatic carbocycles. The molecule has 1 fully saturated rings. The molecule has 0 radical (unpaired) electrons. The summed E-state index contributed by atoms with van der Waals surface area (Å²) in [5.74, 6) is 0. The summed E-state index contributed by atoms with van der Waals surface area (Å²) in [5.41, 5.74) is 6.59. The number of nitrogens with two attached hydrogens (primary N) is 1. The Hall–Kier alpha value is -0.340. The molecule has 0 aliphatic carbocycles. The Labute approximate surface area is 62.5 Å². The molecule has 1 saturated heterocycles. The third-order valence-electron chi connectivity index (χ3n) is 1.99. The van der Waals surface area contributed by atoms with Crippen LogP contribution >= 0.6 is 0 Å². The zero-order chi connectivity index (χ0) is 7.40. The van der Waals surface area contributed by atoms with Gasteiger partial charge in [0.2, 0.25) is 0 Å². The first-order chi connectivity index (χ1) is 4.83. The molecule has 0 spiro atoms. The minimum absolute atomic E-state index is 0.637. The predicted molar refractivity (Wildman–Crippen MR) is 43.8 cm³/mol. The Kier molecular flexibility index (Phi) is 2.90. The van der Waals surface area contributed by atoms with E-state index in [1.54, 1.807) is 0 Å². The average Bonchev–Trinajstić information content (AvgIpc) is 2.40. The van der Waals surface area contributed by atoms with E-state index < -0.39 is 0 Å². The molecule has 1 atom stereocenters. The van der Waals surface area contributed by atoms with E-state index in [-0.39, 0.29) is 0 Å². The third kappa shape index (κ3) is 2.12. The van der Waals surface area contributed by atoms with Crippen molar-refractivity contribution in [3.05, 3.63) is 12.2 Å². The molecule has 1 rings (SSSR count). The van der Waals surface area contributed by atoms with Crippen LogP contribution < -0.4 is 11.1 Å². The molecule has 3 N–H and O–H groups in total. The molecule has 0 saturated carbocycles. The van der Waals surface area contributed by atoms with E-state index in [1.807, 2.05) is 0 Å². The van der Waals surface area contributed by atoms with Crippen molar-refractivity contribution < 1.29 is 0 Å². The van der Waals surface area contributed by atoms with Gasteiger partial charge in [0.15, 0.2) is 0 Å². The van der Waals surface area contributed by atoms with Crippen LogP contribution in [-0.4, -0.2) is 19.1 Å². The van der Waals surface area contributed by atoms with Crippen LogP contribution in [0.3, 0.4) is 0 Å². The smallest absolute Gasteiger partial charge is 0.0134 e. The highest BCUT2D eigenvalue weighted by atomic mass is 14.9. The van der Waals surface area contributed by atoms with Gasteiger partial charge in [-0.15, -0.1) is 0 Å². The SMILES string of the molecule is C=C(CN)CC1CCCN1. The van der Waals surface area contributed by atoms with Gasteiger partial charge in [0, 0.05) is 12.6 Å². The van der Waals surface area contributed by atoms with Crippen LogP contribution in [0.5, 0.6) is 0 Å². The fourth-order valence-corrected chi connectivity index (χ4v) is 1.36. The van der Waals surface area contributed by atoms with Gasteiger partial charge in [-0.05, 0) is 25.8 Å². The molecule has 0 amide bonds. The number of hydrogen-bond donors (Lipinski definition) is 2. The number of nitrogens with one attached hydrogen (secondary N) is 1. The zero-order valence-electron chi connectivity index (χ0n) is 6.40. The van der Waals surface area contributed by atoms with Crippen LogP contribution in [0.1, 0.15) is 19.3 Å². The molecule has 1 heterocycles. The lowest BCUT2D eigenvalue weighted by molar-refractivity contribution is 0.596. The molecular weight excluding hydrogens is 124 g/mol. The highest BCUT2D eigenvalue weighted by Gasteiger charge is 2.13. The summed E-state index contributed by atoms with van der Waals surface area (Å²) in [7, 11) is 0. The lowest BCUT2D eigenvalue weighted by atomic mass is 10.1. The number of hydrogen-bond acceptors (Lipinski definition) is 2. The van der Waals surface area contributed by atoms with Gasteiger partial charge in [-0.1, -0.05) is 12.2 Å². The molecule has 1 aliphatic heterocycles. The van der Waals surface area contributed by atoms with Crippen molar-refractivity contribution in [3.8, 4) is 0 Å². The van der Waals surface area contributed by atoms with Gasteiger partial charge in [0.05, 0.1) is 0 Å². The minimum atomic E-state index is 0.637. The molecule has 1 aliphatic rings. The summed E-state index contributed by atoms with van der Waals surface area (Å²) in [5, 5.41) is 3.41. The monoisotopic (exact) mass is 140 g/mol. The average molecular weight is 140 g/mol. The van der Waals surface area contributed by atoms with E-state index in [1.165, 1.54) is 25.0 Å².